The zero-order valence-corrected chi connectivity index (χ0v) is 7.05. The van der Waals surface area contributed by atoms with Gasteiger partial charge in [0.05, 0.1) is 0 Å². The van der Waals surface area contributed by atoms with E-state index in [9.17, 15) is 4.79 Å². The molecule has 1 amide bonds. The summed E-state index contributed by atoms with van der Waals surface area (Å²) in [5.41, 5.74) is -0.0561. The first-order valence-corrected chi connectivity index (χ1v) is 3.53. The van der Waals surface area contributed by atoms with Gasteiger partial charge in [0.25, 0.3) is 0 Å². The van der Waals surface area contributed by atoms with Crippen LogP contribution < -0.4 is 0 Å². The zero-order chi connectivity index (χ0) is 8.20. The lowest BCUT2D eigenvalue weighted by atomic mass is 10.1. The van der Waals surface area contributed by atoms with E-state index in [4.69, 9.17) is 0 Å². The first-order chi connectivity index (χ1) is 4.52. The maximum atomic E-state index is 10.4. The van der Waals surface area contributed by atoms with Gasteiger partial charge in [-0.3, -0.25) is 4.79 Å². The first kappa shape index (κ1) is 9.47. The third-order valence-electron chi connectivity index (χ3n) is 1.39. The Kier molecular flexibility index (Phi) is 3.40. The molecule has 0 aromatic carbocycles. The predicted octanol–water partition coefficient (Wildman–Crippen LogP) is 1.47. The van der Waals surface area contributed by atoms with E-state index < -0.39 is 0 Å². The summed E-state index contributed by atoms with van der Waals surface area (Å²) in [7, 11) is 0. The Hall–Kier alpha value is -0.530. The summed E-state index contributed by atoms with van der Waals surface area (Å²) in [6.07, 6.45) is 1.65. The van der Waals surface area contributed by atoms with Crippen LogP contribution in [0.1, 0.15) is 27.2 Å². The Morgan fingerprint density at radius 3 is 2.10 bits per heavy atom. The molecule has 0 aromatic heterocycles. The molecular formula is C8H16NO. The van der Waals surface area contributed by atoms with Gasteiger partial charge < -0.3 is 4.90 Å². The molecule has 59 valence electrons. The van der Waals surface area contributed by atoms with Crippen LogP contribution in [0.4, 0.5) is 0 Å². The number of amides is 1. The number of hydrogen-bond acceptors (Lipinski definition) is 1. The molecule has 2 nitrogen and oxygen atoms in total. The Labute approximate surface area is 63.2 Å². The van der Waals surface area contributed by atoms with Gasteiger partial charge in [0.15, 0.2) is 0 Å². The monoisotopic (exact) mass is 142 g/mol. The van der Waals surface area contributed by atoms with Crippen LogP contribution in [-0.2, 0) is 4.79 Å². The van der Waals surface area contributed by atoms with Gasteiger partial charge in [0.2, 0.25) is 6.41 Å². The number of nitrogens with zero attached hydrogens (tertiary/aromatic N) is 1. The third kappa shape index (κ3) is 2.85. The van der Waals surface area contributed by atoms with Crippen molar-refractivity contribution in [2.75, 3.05) is 6.54 Å². The lowest BCUT2D eigenvalue weighted by Crippen LogP contribution is -2.40. The van der Waals surface area contributed by atoms with Gasteiger partial charge in [-0.1, -0.05) is 6.92 Å². The molecule has 0 rings (SSSR count). The maximum absolute atomic E-state index is 10.4. The minimum atomic E-state index is -0.0561. The van der Waals surface area contributed by atoms with E-state index in [1.165, 1.54) is 0 Å². The molecule has 0 N–H and O–H groups in total. The maximum Gasteiger partial charge on any atom is 0.210 e. The van der Waals surface area contributed by atoms with E-state index in [2.05, 4.69) is 6.92 Å². The highest BCUT2D eigenvalue weighted by atomic mass is 16.1. The fraction of sp³-hybridized carbons (Fsp3) is 0.750. The minimum Gasteiger partial charge on any atom is -0.340 e. The smallest absolute Gasteiger partial charge is 0.210 e. The topological polar surface area (TPSA) is 20.3 Å². The van der Waals surface area contributed by atoms with Crippen molar-refractivity contribution in [2.24, 2.45) is 0 Å². The van der Waals surface area contributed by atoms with E-state index in [0.29, 0.717) is 0 Å². The average molecular weight is 142 g/mol. The highest BCUT2D eigenvalue weighted by Gasteiger charge is 2.17. The van der Waals surface area contributed by atoms with E-state index in [-0.39, 0.29) is 5.54 Å². The van der Waals surface area contributed by atoms with Gasteiger partial charge in [-0.15, -0.1) is 0 Å². The molecule has 2 heteroatoms. The van der Waals surface area contributed by atoms with Crippen molar-refractivity contribution in [1.82, 2.24) is 4.90 Å². The summed E-state index contributed by atoms with van der Waals surface area (Å²) in [4.78, 5) is 12.2. The van der Waals surface area contributed by atoms with Crippen molar-refractivity contribution in [3.63, 3.8) is 0 Å². The molecule has 0 atom stereocenters. The molecule has 0 saturated heterocycles. The van der Waals surface area contributed by atoms with E-state index >= 15 is 0 Å². The van der Waals surface area contributed by atoms with Crippen LogP contribution >= 0.6 is 0 Å². The summed E-state index contributed by atoms with van der Waals surface area (Å²) < 4.78 is 0. The second-order valence-electron chi connectivity index (χ2n) is 3.32. The minimum absolute atomic E-state index is 0.0561. The molecule has 10 heavy (non-hydrogen) atoms. The summed E-state index contributed by atoms with van der Waals surface area (Å²) in [5.74, 6) is 0. The Bertz CT molecular complexity index is 104. The zero-order valence-electron chi connectivity index (χ0n) is 7.05. The second-order valence-corrected chi connectivity index (χ2v) is 3.32. The van der Waals surface area contributed by atoms with Crippen LogP contribution in [0.5, 0.6) is 0 Å². The van der Waals surface area contributed by atoms with Crippen molar-refractivity contribution in [3.8, 4) is 0 Å². The van der Waals surface area contributed by atoms with Gasteiger partial charge in [-0.2, -0.15) is 0 Å². The third-order valence-corrected chi connectivity index (χ3v) is 1.39. The molecule has 0 spiro atoms. The van der Waals surface area contributed by atoms with Crippen molar-refractivity contribution in [3.05, 3.63) is 6.92 Å². The standard InChI is InChI=1S/C8H16NO/c1-5-6-9(7-10)8(2,3)4/h7H,1,5-6H2,2-4H3. The van der Waals surface area contributed by atoms with Crippen LogP contribution in [0, 0.1) is 6.92 Å². The van der Waals surface area contributed by atoms with Crippen LogP contribution in [-0.4, -0.2) is 23.4 Å². The largest absolute Gasteiger partial charge is 0.340 e. The molecule has 0 aliphatic heterocycles. The van der Waals surface area contributed by atoms with Gasteiger partial charge >= 0.3 is 0 Å². The molecule has 0 aromatic rings. The molecule has 0 unspecified atom stereocenters. The van der Waals surface area contributed by atoms with E-state index in [1.807, 2.05) is 20.8 Å². The molecule has 0 aliphatic carbocycles. The van der Waals surface area contributed by atoms with E-state index in [1.54, 1.807) is 4.90 Å². The number of carbonyl (C=O) groups is 1. The fourth-order valence-corrected chi connectivity index (χ4v) is 0.717. The van der Waals surface area contributed by atoms with Crippen molar-refractivity contribution < 1.29 is 4.79 Å². The SMILES string of the molecule is [CH2]CCN(C=O)C(C)(C)C. The molecular weight excluding hydrogens is 126 g/mol. The Morgan fingerprint density at radius 1 is 1.50 bits per heavy atom. The van der Waals surface area contributed by atoms with Gasteiger partial charge in [-0.05, 0) is 27.2 Å². The quantitative estimate of drug-likeness (QED) is 0.546. The van der Waals surface area contributed by atoms with E-state index in [0.717, 1.165) is 19.4 Å². The molecule has 0 heterocycles. The van der Waals surface area contributed by atoms with Gasteiger partial charge in [-0.25, -0.2) is 0 Å². The molecule has 1 radical (unpaired) electrons. The molecule has 0 fully saturated rings. The van der Waals surface area contributed by atoms with Crippen molar-refractivity contribution in [2.45, 2.75) is 32.7 Å². The number of rotatable bonds is 3. The summed E-state index contributed by atoms with van der Waals surface area (Å²) >= 11 is 0. The van der Waals surface area contributed by atoms with Gasteiger partial charge in [0.1, 0.15) is 0 Å². The number of carbonyl (C=O) groups excluding carboxylic acids is 1. The highest BCUT2D eigenvalue weighted by molar-refractivity contribution is 5.48. The molecule has 0 saturated carbocycles. The van der Waals surface area contributed by atoms with Gasteiger partial charge in [0, 0.05) is 12.1 Å². The average Bonchev–Trinajstić information content (AvgIpc) is 1.80. The van der Waals surface area contributed by atoms with Crippen molar-refractivity contribution in [1.29, 1.82) is 0 Å². The lowest BCUT2D eigenvalue weighted by molar-refractivity contribution is -0.122. The summed E-state index contributed by atoms with van der Waals surface area (Å²) in [6.45, 7) is 10.5. The molecule has 0 bridgehead atoms. The second kappa shape index (κ2) is 3.59. The fourth-order valence-electron chi connectivity index (χ4n) is 0.717. The molecule has 0 aliphatic rings. The lowest BCUT2D eigenvalue weighted by Gasteiger charge is -2.31. The summed E-state index contributed by atoms with van der Waals surface area (Å²) in [6, 6.07) is 0. The van der Waals surface area contributed by atoms with Crippen LogP contribution in [0.3, 0.4) is 0 Å². The van der Waals surface area contributed by atoms with Crippen LogP contribution in [0.2, 0.25) is 0 Å². The first-order valence-electron chi connectivity index (χ1n) is 3.53. The summed E-state index contributed by atoms with van der Waals surface area (Å²) in [5, 5.41) is 0. The predicted molar refractivity (Wildman–Crippen MR) is 42.5 cm³/mol. The normalized spacial score (nSPS) is 11.2. The van der Waals surface area contributed by atoms with Crippen molar-refractivity contribution >= 4 is 6.41 Å². The van der Waals surface area contributed by atoms with Crippen LogP contribution in [0.15, 0.2) is 0 Å². The van der Waals surface area contributed by atoms with Crippen LogP contribution in [0.25, 0.3) is 0 Å². The Balaban J connectivity index is 3.93. The number of hydrogen-bond donors (Lipinski definition) is 0. The Morgan fingerprint density at radius 2 is 2.00 bits per heavy atom. The highest BCUT2D eigenvalue weighted by Crippen LogP contribution is 2.10.